The molecule has 1 aromatic carbocycles. The first-order valence-electron chi connectivity index (χ1n) is 8.88. The number of likely N-dealkylation sites (N-methyl/N-ethyl adjacent to an activating group) is 1. The monoisotopic (exact) mass is 382 g/mol. The van der Waals surface area contributed by atoms with Gasteiger partial charge in [-0.2, -0.15) is 4.31 Å². The van der Waals surface area contributed by atoms with Crippen LogP contribution in [0.4, 0.5) is 0 Å². The van der Waals surface area contributed by atoms with E-state index in [0.717, 1.165) is 19.3 Å². The van der Waals surface area contributed by atoms with E-state index >= 15 is 0 Å². The van der Waals surface area contributed by atoms with Gasteiger partial charge in [0.15, 0.2) is 6.10 Å². The van der Waals surface area contributed by atoms with Crippen LogP contribution >= 0.6 is 0 Å². The van der Waals surface area contributed by atoms with Crippen molar-refractivity contribution in [2.75, 3.05) is 13.1 Å². The average Bonchev–Trinajstić information content (AvgIpc) is 2.62. The smallest absolute Gasteiger partial charge is 0.338 e. The Labute approximate surface area is 154 Å². The van der Waals surface area contributed by atoms with Crippen molar-refractivity contribution in [2.24, 2.45) is 0 Å². The number of carbonyl (C=O) groups excluding carboxylic acids is 2. The first-order chi connectivity index (χ1) is 12.3. The largest absolute Gasteiger partial charge is 0.449 e. The Morgan fingerprint density at radius 2 is 2.08 bits per heavy atom. The number of carbonyl (C=O) groups is 2. The lowest BCUT2D eigenvalue weighted by atomic mass is 10.1. The van der Waals surface area contributed by atoms with Crippen LogP contribution in [0.15, 0.2) is 29.2 Å². The molecule has 0 aromatic heterocycles. The van der Waals surface area contributed by atoms with E-state index in [1.807, 2.05) is 6.92 Å². The van der Waals surface area contributed by atoms with Crippen LogP contribution in [-0.2, 0) is 19.6 Å². The molecule has 1 aliphatic rings. The van der Waals surface area contributed by atoms with Crippen LogP contribution in [0.3, 0.4) is 0 Å². The molecule has 2 rings (SSSR count). The Morgan fingerprint density at radius 3 is 2.73 bits per heavy atom. The number of nitrogens with one attached hydrogen (secondary N) is 1. The van der Waals surface area contributed by atoms with Crippen molar-refractivity contribution in [3.8, 4) is 0 Å². The van der Waals surface area contributed by atoms with Crippen LogP contribution < -0.4 is 5.32 Å². The van der Waals surface area contributed by atoms with Crippen molar-refractivity contribution < 1.29 is 22.7 Å². The number of hydrogen-bond donors (Lipinski definition) is 1. The molecule has 2 atom stereocenters. The lowest BCUT2D eigenvalue weighted by Gasteiger charge is -2.32. The standard InChI is InChI=1S/C18H26N2O5S/c1-4-19-17(21)14(3)25-18(22)15-9-7-10-16(12-15)26(23,24)20-11-6-5-8-13(20)2/h7,9-10,12-14H,4-6,8,11H2,1-3H3,(H,19,21)/t13-,14+/m0/s1. The average molecular weight is 382 g/mol. The van der Waals surface area contributed by atoms with E-state index in [0.29, 0.717) is 13.1 Å². The summed E-state index contributed by atoms with van der Waals surface area (Å²) in [6.07, 6.45) is 1.71. The van der Waals surface area contributed by atoms with Gasteiger partial charge in [0, 0.05) is 19.1 Å². The number of hydrogen-bond acceptors (Lipinski definition) is 5. The zero-order chi connectivity index (χ0) is 19.3. The number of piperidine rings is 1. The molecule has 1 amide bonds. The van der Waals surface area contributed by atoms with Crippen LogP contribution in [-0.4, -0.2) is 49.8 Å². The molecule has 0 radical (unpaired) electrons. The third-order valence-corrected chi connectivity index (χ3v) is 6.43. The third-order valence-electron chi connectivity index (χ3n) is 4.42. The lowest BCUT2D eigenvalue weighted by Crippen LogP contribution is -2.41. The molecule has 0 spiro atoms. The van der Waals surface area contributed by atoms with Gasteiger partial charge in [0.05, 0.1) is 10.5 Å². The van der Waals surface area contributed by atoms with Gasteiger partial charge in [0.25, 0.3) is 5.91 Å². The molecule has 1 aromatic rings. The molecule has 1 fully saturated rings. The zero-order valence-electron chi connectivity index (χ0n) is 15.4. The highest BCUT2D eigenvalue weighted by molar-refractivity contribution is 7.89. The lowest BCUT2D eigenvalue weighted by molar-refractivity contribution is -0.128. The minimum atomic E-state index is -3.67. The zero-order valence-corrected chi connectivity index (χ0v) is 16.2. The van der Waals surface area contributed by atoms with Gasteiger partial charge in [0.1, 0.15) is 0 Å². The Bertz CT molecular complexity index is 763. The number of ether oxygens (including phenoxy) is 1. The molecule has 0 bridgehead atoms. The summed E-state index contributed by atoms with van der Waals surface area (Å²) in [5.41, 5.74) is 0.104. The van der Waals surface area contributed by atoms with Crippen LogP contribution in [0.1, 0.15) is 50.4 Å². The Kier molecular flexibility index (Phi) is 6.77. The summed E-state index contributed by atoms with van der Waals surface area (Å²) in [6.45, 7) is 6.04. The quantitative estimate of drug-likeness (QED) is 0.759. The van der Waals surface area contributed by atoms with E-state index in [4.69, 9.17) is 4.74 Å². The number of benzene rings is 1. The number of amides is 1. The fraction of sp³-hybridized carbons (Fsp3) is 0.556. The minimum Gasteiger partial charge on any atom is -0.449 e. The Morgan fingerprint density at radius 1 is 1.35 bits per heavy atom. The topological polar surface area (TPSA) is 92.8 Å². The molecule has 1 heterocycles. The summed E-state index contributed by atoms with van der Waals surface area (Å²) in [5, 5.41) is 2.57. The van der Waals surface area contributed by atoms with Crippen molar-refractivity contribution >= 4 is 21.9 Å². The summed E-state index contributed by atoms with van der Waals surface area (Å²) in [7, 11) is -3.67. The van der Waals surface area contributed by atoms with Gasteiger partial charge in [-0.25, -0.2) is 13.2 Å². The van der Waals surface area contributed by atoms with Gasteiger partial charge in [-0.1, -0.05) is 12.5 Å². The predicted octanol–water partition coefficient (Wildman–Crippen LogP) is 1.93. The van der Waals surface area contributed by atoms with Gasteiger partial charge >= 0.3 is 5.97 Å². The van der Waals surface area contributed by atoms with Crippen LogP contribution in [0.5, 0.6) is 0 Å². The fourth-order valence-electron chi connectivity index (χ4n) is 2.95. The predicted molar refractivity (Wildman–Crippen MR) is 97.2 cm³/mol. The highest BCUT2D eigenvalue weighted by Gasteiger charge is 2.31. The van der Waals surface area contributed by atoms with E-state index in [2.05, 4.69) is 5.32 Å². The first-order valence-corrected chi connectivity index (χ1v) is 10.3. The molecule has 26 heavy (non-hydrogen) atoms. The van der Waals surface area contributed by atoms with Crippen molar-refractivity contribution in [3.05, 3.63) is 29.8 Å². The summed E-state index contributed by atoms with van der Waals surface area (Å²) in [4.78, 5) is 24.0. The van der Waals surface area contributed by atoms with Crippen LogP contribution in [0, 0.1) is 0 Å². The first kappa shape index (κ1) is 20.4. The number of nitrogens with zero attached hydrogens (tertiary/aromatic N) is 1. The summed E-state index contributed by atoms with van der Waals surface area (Å²) in [6, 6.07) is 5.70. The maximum Gasteiger partial charge on any atom is 0.338 e. The maximum atomic E-state index is 12.9. The molecule has 0 saturated carbocycles. The van der Waals surface area contributed by atoms with E-state index in [9.17, 15) is 18.0 Å². The fourth-order valence-corrected chi connectivity index (χ4v) is 4.69. The highest BCUT2D eigenvalue weighted by atomic mass is 32.2. The van der Waals surface area contributed by atoms with E-state index < -0.39 is 28.0 Å². The molecule has 144 valence electrons. The molecular weight excluding hydrogens is 356 g/mol. The number of rotatable bonds is 6. The number of sulfonamides is 1. The van der Waals surface area contributed by atoms with Crippen molar-refractivity contribution in [1.82, 2.24) is 9.62 Å². The van der Waals surface area contributed by atoms with E-state index in [1.165, 1.54) is 35.5 Å². The molecule has 0 aliphatic carbocycles. The second kappa shape index (κ2) is 8.64. The van der Waals surface area contributed by atoms with Gasteiger partial charge < -0.3 is 10.1 Å². The minimum absolute atomic E-state index is 0.0614. The van der Waals surface area contributed by atoms with Gasteiger partial charge in [-0.15, -0.1) is 0 Å². The summed E-state index contributed by atoms with van der Waals surface area (Å²) >= 11 is 0. The summed E-state index contributed by atoms with van der Waals surface area (Å²) < 4.78 is 32.4. The van der Waals surface area contributed by atoms with E-state index in [-0.39, 0.29) is 16.5 Å². The van der Waals surface area contributed by atoms with Crippen molar-refractivity contribution in [2.45, 2.75) is 57.1 Å². The molecule has 1 aliphatic heterocycles. The molecular formula is C18H26N2O5S. The normalized spacial score (nSPS) is 19.6. The molecule has 0 unspecified atom stereocenters. The van der Waals surface area contributed by atoms with E-state index in [1.54, 1.807) is 6.92 Å². The van der Waals surface area contributed by atoms with Crippen LogP contribution in [0.25, 0.3) is 0 Å². The molecule has 8 heteroatoms. The molecule has 7 nitrogen and oxygen atoms in total. The van der Waals surface area contributed by atoms with Gasteiger partial charge in [-0.05, 0) is 51.8 Å². The summed E-state index contributed by atoms with van der Waals surface area (Å²) in [5.74, 6) is -1.13. The van der Waals surface area contributed by atoms with Crippen molar-refractivity contribution in [1.29, 1.82) is 0 Å². The van der Waals surface area contributed by atoms with Crippen LogP contribution in [0.2, 0.25) is 0 Å². The maximum absolute atomic E-state index is 12.9. The van der Waals surface area contributed by atoms with Gasteiger partial charge in [-0.3, -0.25) is 4.79 Å². The Hall–Kier alpha value is -1.93. The SMILES string of the molecule is CCNC(=O)[C@@H](C)OC(=O)c1cccc(S(=O)(=O)N2CCCC[C@@H]2C)c1. The second-order valence-electron chi connectivity index (χ2n) is 6.43. The van der Waals surface area contributed by atoms with Crippen molar-refractivity contribution in [3.63, 3.8) is 0 Å². The second-order valence-corrected chi connectivity index (χ2v) is 8.32. The highest BCUT2D eigenvalue weighted by Crippen LogP contribution is 2.25. The molecule has 1 N–H and O–H groups in total. The number of esters is 1. The third kappa shape index (κ3) is 4.62. The Balaban J connectivity index is 2.19. The molecule has 1 saturated heterocycles. The van der Waals surface area contributed by atoms with Gasteiger partial charge in [0.2, 0.25) is 10.0 Å².